The second kappa shape index (κ2) is 8.03. The van der Waals surface area contributed by atoms with Crippen LogP contribution in [0.3, 0.4) is 0 Å². The molecule has 12 nitrogen and oxygen atoms in total. The molecule has 1 aromatic carbocycles. The van der Waals surface area contributed by atoms with Crippen molar-refractivity contribution in [2.24, 2.45) is 0 Å². The minimum absolute atomic E-state index is 0.489. The first kappa shape index (κ1) is 20.2. The van der Waals surface area contributed by atoms with E-state index in [-0.39, 0.29) is 0 Å². The number of nitrogens with zero attached hydrogens (tertiary/aromatic N) is 3. The number of hydrogen-bond acceptors (Lipinski definition) is 8. The molecule has 0 aliphatic carbocycles. The van der Waals surface area contributed by atoms with Crippen LogP contribution in [0.15, 0.2) is 35.3 Å². The Bertz CT molecular complexity index is 1050. The van der Waals surface area contributed by atoms with Crippen molar-refractivity contribution in [1.82, 2.24) is 4.57 Å². The number of esters is 1. The van der Waals surface area contributed by atoms with Crippen LogP contribution in [-0.4, -0.2) is 33.4 Å². The van der Waals surface area contributed by atoms with Crippen LogP contribution in [0.5, 0.6) is 0 Å². The molecule has 28 heavy (non-hydrogen) atoms. The molecule has 0 aliphatic heterocycles. The first-order chi connectivity index (χ1) is 13.1. The number of non-ortho nitro benzene ring substituents is 1. The summed E-state index contributed by atoms with van der Waals surface area (Å²) < 4.78 is 18.7. The lowest BCUT2D eigenvalue weighted by Gasteiger charge is -2.09. The van der Waals surface area contributed by atoms with Gasteiger partial charge in [0.15, 0.2) is 0 Å². The van der Waals surface area contributed by atoms with Crippen LogP contribution < -0.4 is 10.9 Å². The molecule has 1 N–H and O–H groups in total. The van der Waals surface area contributed by atoms with E-state index in [1.165, 1.54) is 0 Å². The van der Waals surface area contributed by atoms with Crippen LogP contribution in [0.4, 0.5) is 21.5 Å². The van der Waals surface area contributed by atoms with Crippen LogP contribution in [-0.2, 0) is 16.1 Å². The van der Waals surface area contributed by atoms with Gasteiger partial charge in [0, 0.05) is 18.2 Å². The Kier molecular flexibility index (Phi) is 5.78. The molecule has 13 heteroatoms. The lowest BCUT2D eigenvalue weighted by Crippen LogP contribution is -2.31. The summed E-state index contributed by atoms with van der Waals surface area (Å²) in [5.41, 5.74) is -3.39. The Hall–Kier alpha value is -4.16. The third kappa shape index (κ3) is 4.32. The van der Waals surface area contributed by atoms with Gasteiger partial charge in [0.25, 0.3) is 16.9 Å². The highest BCUT2D eigenvalue weighted by Gasteiger charge is 2.21. The number of nitro groups is 2. The Morgan fingerprint density at radius 2 is 1.82 bits per heavy atom. The quantitative estimate of drug-likeness (QED) is 0.434. The van der Waals surface area contributed by atoms with Gasteiger partial charge >= 0.3 is 5.97 Å². The number of methoxy groups -OCH3 is 1. The van der Waals surface area contributed by atoms with E-state index in [4.69, 9.17) is 0 Å². The number of amides is 1. The minimum Gasteiger partial charge on any atom is -0.465 e. The van der Waals surface area contributed by atoms with E-state index in [0.29, 0.717) is 10.6 Å². The molecule has 0 spiro atoms. The van der Waals surface area contributed by atoms with Crippen molar-refractivity contribution >= 4 is 28.9 Å². The van der Waals surface area contributed by atoms with Gasteiger partial charge in [-0.2, -0.15) is 0 Å². The van der Waals surface area contributed by atoms with E-state index in [2.05, 4.69) is 4.74 Å². The fourth-order valence-corrected chi connectivity index (χ4v) is 2.16. The topological polar surface area (TPSA) is 164 Å². The van der Waals surface area contributed by atoms with Gasteiger partial charge in [-0.1, -0.05) is 0 Å². The lowest BCUT2D eigenvalue weighted by molar-refractivity contribution is -0.385. The standard InChI is InChI=1S/C15H11FN4O8/c1-28-15(23)10-4-9(20(26)27)6-18(14(10)22)7-13(21)17-12-5-8(19(24)25)2-3-11(12)16/h2-6H,7H2,1H3,(H,17,21). The molecular weight excluding hydrogens is 383 g/mol. The first-order valence-corrected chi connectivity index (χ1v) is 7.35. The molecule has 0 radical (unpaired) electrons. The zero-order valence-electron chi connectivity index (χ0n) is 14.1. The summed E-state index contributed by atoms with van der Waals surface area (Å²) in [7, 11) is 0.961. The Morgan fingerprint density at radius 3 is 2.39 bits per heavy atom. The SMILES string of the molecule is COC(=O)c1cc([N+](=O)[O-])cn(CC(=O)Nc2cc([N+](=O)[O-])ccc2F)c1=O. The maximum absolute atomic E-state index is 13.7. The summed E-state index contributed by atoms with van der Waals surface area (Å²) in [4.78, 5) is 56.0. The average molecular weight is 394 g/mol. The van der Waals surface area contributed by atoms with Gasteiger partial charge in [0.2, 0.25) is 5.91 Å². The smallest absolute Gasteiger partial charge is 0.343 e. The molecule has 0 fully saturated rings. The molecule has 2 rings (SSSR count). The van der Waals surface area contributed by atoms with Gasteiger partial charge in [0.1, 0.15) is 17.9 Å². The van der Waals surface area contributed by atoms with Gasteiger partial charge < -0.3 is 10.1 Å². The molecule has 0 atom stereocenters. The van der Waals surface area contributed by atoms with Gasteiger partial charge in [-0.15, -0.1) is 0 Å². The number of nitrogens with one attached hydrogen (secondary N) is 1. The van der Waals surface area contributed by atoms with Gasteiger partial charge in [-0.3, -0.25) is 34.4 Å². The van der Waals surface area contributed by atoms with Crippen molar-refractivity contribution in [1.29, 1.82) is 0 Å². The van der Waals surface area contributed by atoms with E-state index in [1.54, 1.807) is 0 Å². The molecule has 0 saturated heterocycles. The monoisotopic (exact) mass is 394 g/mol. The predicted octanol–water partition coefficient (Wildman–Crippen LogP) is 1.23. The molecule has 2 aromatic rings. The molecule has 0 aliphatic rings. The van der Waals surface area contributed by atoms with Crippen LogP contribution in [0, 0.1) is 26.0 Å². The van der Waals surface area contributed by atoms with Crippen molar-refractivity contribution in [3.05, 3.63) is 72.4 Å². The van der Waals surface area contributed by atoms with Gasteiger partial charge in [-0.05, 0) is 6.07 Å². The minimum atomic E-state index is -1.15. The zero-order chi connectivity index (χ0) is 21.0. The van der Waals surface area contributed by atoms with Crippen molar-refractivity contribution in [3.8, 4) is 0 Å². The van der Waals surface area contributed by atoms with E-state index < -0.39 is 62.3 Å². The Morgan fingerprint density at radius 1 is 1.18 bits per heavy atom. The number of halogens is 1. The highest BCUT2D eigenvalue weighted by atomic mass is 19.1. The van der Waals surface area contributed by atoms with E-state index in [9.17, 15) is 39.0 Å². The third-order valence-electron chi connectivity index (χ3n) is 3.44. The van der Waals surface area contributed by atoms with Crippen molar-refractivity contribution in [2.75, 3.05) is 12.4 Å². The summed E-state index contributed by atoms with van der Waals surface area (Å²) >= 11 is 0. The normalized spacial score (nSPS) is 10.2. The van der Waals surface area contributed by atoms with Crippen LogP contribution in [0.2, 0.25) is 0 Å². The fourth-order valence-electron chi connectivity index (χ4n) is 2.16. The molecule has 0 bridgehead atoms. The second-order valence-electron chi connectivity index (χ2n) is 5.26. The molecule has 1 aromatic heterocycles. The maximum atomic E-state index is 13.7. The highest BCUT2D eigenvalue weighted by Crippen LogP contribution is 2.21. The number of anilines is 1. The Balaban J connectivity index is 2.36. The molecule has 1 heterocycles. The zero-order valence-corrected chi connectivity index (χ0v) is 14.1. The number of carbonyl (C=O) groups is 2. The van der Waals surface area contributed by atoms with Gasteiger partial charge in [-0.25, -0.2) is 9.18 Å². The largest absolute Gasteiger partial charge is 0.465 e. The first-order valence-electron chi connectivity index (χ1n) is 7.35. The summed E-state index contributed by atoms with van der Waals surface area (Å²) in [6, 6.07) is 3.12. The van der Waals surface area contributed by atoms with Crippen molar-refractivity contribution in [3.63, 3.8) is 0 Å². The second-order valence-corrected chi connectivity index (χ2v) is 5.26. The molecule has 0 unspecified atom stereocenters. The Labute approximate surface area is 154 Å². The summed E-state index contributed by atoms with van der Waals surface area (Å²) in [5.74, 6) is -3.13. The number of aromatic nitrogens is 1. The van der Waals surface area contributed by atoms with Crippen molar-refractivity contribution < 1.29 is 28.6 Å². The lowest BCUT2D eigenvalue weighted by atomic mass is 10.2. The average Bonchev–Trinajstić information content (AvgIpc) is 2.64. The fraction of sp³-hybridized carbons (Fsp3) is 0.133. The summed E-state index contributed by atoms with van der Waals surface area (Å²) in [6.07, 6.45) is 0.720. The van der Waals surface area contributed by atoms with E-state index in [1.807, 2.05) is 5.32 Å². The predicted molar refractivity (Wildman–Crippen MR) is 90.4 cm³/mol. The molecule has 0 saturated carbocycles. The van der Waals surface area contributed by atoms with E-state index >= 15 is 0 Å². The molecular formula is C15H11FN4O8. The number of benzene rings is 1. The number of pyridine rings is 1. The maximum Gasteiger partial charge on any atom is 0.343 e. The molecule has 1 amide bonds. The summed E-state index contributed by atoms with van der Waals surface area (Å²) in [5, 5.41) is 23.7. The highest BCUT2D eigenvalue weighted by molar-refractivity contribution is 5.92. The number of rotatable bonds is 6. The number of carbonyl (C=O) groups excluding carboxylic acids is 2. The van der Waals surface area contributed by atoms with Crippen LogP contribution in [0.25, 0.3) is 0 Å². The van der Waals surface area contributed by atoms with Crippen LogP contribution in [0.1, 0.15) is 10.4 Å². The molecule has 146 valence electrons. The van der Waals surface area contributed by atoms with Crippen LogP contribution >= 0.6 is 0 Å². The summed E-state index contributed by atoms with van der Waals surface area (Å²) in [6.45, 7) is -0.827. The number of nitro benzene ring substituents is 1. The van der Waals surface area contributed by atoms with E-state index in [0.717, 1.165) is 31.5 Å². The number of ether oxygens (including phenoxy) is 1. The van der Waals surface area contributed by atoms with Gasteiger partial charge in [0.05, 0.1) is 28.8 Å². The third-order valence-corrected chi connectivity index (χ3v) is 3.44. The number of hydrogen-bond donors (Lipinski definition) is 1. The van der Waals surface area contributed by atoms with Crippen molar-refractivity contribution in [2.45, 2.75) is 6.54 Å².